The van der Waals surface area contributed by atoms with Crippen LogP contribution in [0.5, 0.6) is 0 Å². The van der Waals surface area contributed by atoms with Crippen molar-refractivity contribution in [2.45, 2.75) is 63.1 Å². The molecule has 0 aromatic carbocycles. The summed E-state index contributed by atoms with van der Waals surface area (Å²) < 4.78 is 11.1. The number of carbonyl (C=O) groups is 8. The third-order valence-electron chi connectivity index (χ3n) is 13.2. The van der Waals surface area contributed by atoms with Crippen molar-refractivity contribution in [3.05, 3.63) is 54.7 Å². The zero-order valence-electron chi connectivity index (χ0n) is 34.1. The van der Waals surface area contributed by atoms with E-state index in [4.69, 9.17) is 9.47 Å². The van der Waals surface area contributed by atoms with Gasteiger partial charge in [-0.15, -0.1) is 22.7 Å². The fraction of sp³-hybridized carbons (Fsp3) is 0.561. The topological polar surface area (TPSA) is 203 Å². The van der Waals surface area contributed by atoms with Crippen LogP contribution in [-0.2, 0) is 19.1 Å². The first-order valence-corrected chi connectivity index (χ1v) is 22.9. The number of amides is 4. The maximum atomic E-state index is 14.0. The number of ketones is 4. The molecule has 8 heterocycles. The van der Waals surface area contributed by atoms with E-state index in [-0.39, 0.29) is 66.7 Å². The Morgan fingerprint density at radius 1 is 0.581 bits per heavy atom. The molecule has 4 atom stereocenters. The van der Waals surface area contributed by atoms with Crippen LogP contribution < -0.4 is 0 Å². The van der Waals surface area contributed by atoms with Gasteiger partial charge >= 0.3 is 0 Å². The Balaban J connectivity index is 0.762. The molecule has 2 aromatic rings. The molecule has 21 heteroatoms. The van der Waals surface area contributed by atoms with Gasteiger partial charge < -0.3 is 38.9 Å². The first-order valence-electron chi connectivity index (χ1n) is 21.2. The Bertz CT molecular complexity index is 2190. The van der Waals surface area contributed by atoms with Gasteiger partial charge in [0.05, 0.1) is 23.7 Å². The number of likely N-dealkylation sites (tertiary alicyclic amines) is 2. The number of ether oxygens (including phenoxy) is 2. The molecule has 6 aliphatic heterocycles. The summed E-state index contributed by atoms with van der Waals surface area (Å²) in [5.74, 6) is -2.61. The van der Waals surface area contributed by atoms with Gasteiger partial charge in [0.25, 0.3) is 23.6 Å². The molecule has 0 N–H and O–H groups in total. The number of fused-ring (bicyclic) bond motifs is 2. The zero-order chi connectivity index (χ0) is 43.0. The molecule has 0 bridgehead atoms. The number of piperazine rings is 2. The highest BCUT2D eigenvalue weighted by Gasteiger charge is 2.47. The Morgan fingerprint density at radius 2 is 0.968 bits per heavy atom. The van der Waals surface area contributed by atoms with Gasteiger partial charge in [-0.1, -0.05) is 0 Å². The van der Waals surface area contributed by atoms with Crippen LogP contribution in [0.4, 0.5) is 0 Å². The van der Waals surface area contributed by atoms with Crippen molar-refractivity contribution < 1.29 is 47.8 Å². The number of carbonyl (C=O) groups excluding carboxylic acids is 8. The molecular weight excluding hydrogens is 843 g/mol. The van der Waals surface area contributed by atoms with E-state index in [1.807, 2.05) is 21.7 Å². The SMILES string of the molecule is CN(C1CCN1C1=CC(=O)c2sc(C(=O)N3CCN(C(=O)C4CCCO4)CC3)nc2C1=O)C1CCN1C1=CC(=O)c2sc(C(=O)N3CCN(C(=O)C4CCCO4)CC3)nc2C1=O. The highest BCUT2D eigenvalue weighted by Crippen LogP contribution is 2.39. The lowest BCUT2D eigenvalue weighted by Gasteiger charge is -2.56. The lowest BCUT2D eigenvalue weighted by molar-refractivity contribution is -0.143. The van der Waals surface area contributed by atoms with Crippen molar-refractivity contribution in [2.24, 2.45) is 0 Å². The van der Waals surface area contributed by atoms with Crippen molar-refractivity contribution in [1.82, 2.24) is 44.3 Å². The van der Waals surface area contributed by atoms with E-state index in [2.05, 4.69) is 9.97 Å². The van der Waals surface area contributed by atoms with Crippen molar-refractivity contribution in [1.29, 1.82) is 0 Å². The Hall–Kier alpha value is -5.22. The highest BCUT2D eigenvalue weighted by molar-refractivity contribution is 7.16. The zero-order valence-corrected chi connectivity index (χ0v) is 35.7. The van der Waals surface area contributed by atoms with Gasteiger partial charge in [-0.3, -0.25) is 43.3 Å². The van der Waals surface area contributed by atoms with Crippen LogP contribution in [0, 0.1) is 0 Å². The molecule has 4 amide bonds. The first-order chi connectivity index (χ1) is 30.0. The summed E-state index contributed by atoms with van der Waals surface area (Å²) in [7, 11) is 1.87. The van der Waals surface area contributed by atoms with Crippen molar-refractivity contribution >= 4 is 69.4 Å². The van der Waals surface area contributed by atoms with Gasteiger partial charge in [0.2, 0.25) is 11.6 Å². The third kappa shape index (κ3) is 6.97. The summed E-state index contributed by atoms with van der Waals surface area (Å²) in [4.78, 5) is 129. The number of allylic oxidation sites excluding steroid dienone is 4. The van der Waals surface area contributed by atoms with Gasteiger partial charge in [-0.25, -0.2) is 9.97 Å². The third-order valence-corrected chi connectivity index (χ3v) is 15.3. The van der Waals surface area contributed by atoms with Crippen LogP contribution in [-0.4, -0.2) is 201 Å². The molecule has 4 unspecified atom stereocenters. The van der Waals surface area contributed by atoms with Gasteiger partial charge in [0.1, 0.15) is 33.4 Å². The first kappa shape index (κ1) is 40.8. The number of rotatable bonds is 8. The summed E-state index contributed by atoms with van der Waals surface area (Å²) in [6.45, 7) is 4.77. The van der Waals surface area contributed by atoms with Crippen LogP contribution in [0.3, 0.4) is 0 Å². The highest BCUT2D eigenvalue weighted by atomic mass is 32.1. The lowest BCUT2D eigenvalue weighted by Crippen LogP contribution is -2.66. The van der Waals surface area contributed by atoms with E-state index in [1.54, 1.807) is 19.6 Å². The monoisotopic (exact) mass is 887 g/mol. The maximum absolute atomic E-state index is 14.0. The molecule has 2 aliphatic carbocycles. The Kier molecular flexibility index (Phi) is 10.6. The molecule has 0 spiro atoms. The molecule has 6 fully saturated rings. The quantitative estimate of drug-likeness (QED) is 0.359. The number of nitrogens with zero attached hydrogens (tertiary/aromatic N) is 9. The Labute approximate surface area is 363 Å². The summed E-state index contributed by atoms with van der Waals surface area (Å²) in [6, 6.07) is 0. The number of thiazole rings is 2. The van der Waals surface area contributed by atoms with Crippen LogP contribution in [0.2, 0.25) is 0 Å². The van der Waals surface area contributed by atoms with E-state index >= 15 is 0 Å². The maximum Gasteiger partial charge on any atom is 0.282 e. The summed E-state index contributed by atoms with van der Waals surface area (Å²) >= 11 is 1.81. The predicted octanol–water partition coefficient (Wildman–Crippen LogP) is 0.748. The second-order valence-electron chi connectivity index (χ2n) is 16.7. The predicted molar refractivity (Wildman–Crippen MR) is 219 cm³/mol. The van der Waals surface area contributed by atoms with Crippen LogP contribution in [0.1, 0.15) is 98.4 Å². The fourth-order valence-corrected chi connectivity index (χ4v) is 11.4. The van der Waals surface area contributed by atoms with Crippen LogP contribution in [0.15, 0.2) is 23.5 Å². The molecule has 0 saturated carbocycles. The molecule has 0 radical (unpaired) electrons. The smallest absolute Gasteiger partial charge is 0.282 e. The summed E-state index contributed by atoms with van der Waals surface area (Å²) in [5.41, 5.74) is 0.272. The molecule has 326 valence electrons. The number of aromatic nitrogens is 2. The van der Waals surface area contributed by atoms with Crippen LogP contribution in [0.25, 0.3) is 0 Å². The van der Waals surface area contributed by atoms with E-state index in [0.717, 1.165) is 35.5 Å². The normalized spacial score (nSPS) is 26.4. The summed E-state index contributed by atoms with van der Waals surface area (Å²) in [6.07, 6.45) is 5.56. The second-order valence-corrected chi connectivity index (χ2v) is 18.7. The van der Waals surface area contributed by atoms with E-state index < -0.39 is 47.2 Å². The van der Waals surface area contributed by atoms with Gasteiger partial charge in [-0.2, -0.15) is 0 Å². The summed E-state index contributed by atoms with van der Waals surface area (Å²) in [5, 5.41) is 0.0992. The van der Waals surface area contributed by atoms with Crippen molar-refractivity contribution in [3.63, 3.8) is 0 Å². The van der Waals surface area contributed by atoms with E-state index in [9.17, 15) is 38.4 Å². The standard InChI is InChI=1S/C41H45N9O10S2/c1-44(28-6-8-49(28)22-20-24(51)34-30(32(22)53)42-36(61-34)40(57)47-14-10-45(11-15-47)38(55)26-4-2-18-59-26)29-7-9-50(29)23-21-25(52)35-31(33(23)54)43-37(62-35)41(58)48-16-12-46(13-17-48)39(56)27-5-3-19-60-27/h20-21,26-29H,2-19H2,1H3. The van der Waals surface area contributed by atoms with E-state index in [1.165, 1.54) is 12.2 Å². The molecule has 62 heavy (non-hydrogen) atoms. The van der Waals surface area contributed by atoms with Crippen molar-refractivity contribution in [3.8, 4) is 0 Å². The molecule has 10 rings (SSSR count). The minimum Gasteiger partial charge on any atom is -0.368 e. The minimum absolute atomic E-state index is 0.0493. The van der Waals surface area contributed by atoms with Gasteiger partial charge in [-0.05, 0) is 45.6 Å². The Morgan fingerprint density at radius 3 is 1.31 bits per heavy atom. The second kappa shape index (κ2) is 16.2. The molecule has 19 nitrogen and oxygen atoms in total. The van der Waals surface area contributed by atoms with E-state index in [0.29, 0.717) is 104 Å². The van der Waals surface area contributed by atoms with Gasteiger partial charge in [0, 0.05) is 90.8 Å². The fourth-order valence-electron chi connectivity index (χ4n) is 9.48. The van der Waals surface area contributed by atoms with Crippen molar-refractivity contribution in [2.75, 3.05) is 85.7 Å². The average Bonchev–Trinajstić information content (AvgIpc) is 4.10. The number of Topliss-reactive ketones (excluding diaryl/α,β-unsaturated/α-hetero) is 2. The van der Waals surface area contributed by atoms with Crippen LogP contribution >= 0.6 is 22.7 Å². The molecule has 8 aliphatic rings. The average molecular weight is 888 g/mol. The molecule has 6 saturated heterocycles. The van der Waals surface area contributed by atoms with Gasteiger partial charge in [0.15, 0.2) is 21.6 Å². The number of hydrogen-bond acceptors (Lipinski definition) is 17. The largest absolute Gasteiger partial charge is 0.368 e. The molecular formula is C41H45N9O10S2. The molecule has 2 aromatic heterocycles. The lowest BCUT2D eigenvalue weighted by atomic mass is 9.96. The number of hydrogen-bond donors (Lipinski definition) is 0. The minimum atomic E-state index is -0.448.